The Bertz CT molecular complexity index is 453. The summed E-state index contributed by atoms with van der Waals surface area (Å²) in [6.45, 7) is 2.12. The zero-order valence-electron chi connectivity index (χ0n) is 10.3. The summed E-state index contributed by atoms with van der Waals surface area (Å²) in [5, 5.41) is 11.7. The van der Waals surface area contributed by atoms with Crippen molar-refractivity contribution in [2.24, 2.45) is 5.92 Å². The summed E-state index contributed by atoms with van der Waals surface area (Å²) in [5.74, 6) is -0.238. The molecule has 2 N–H and O–H groups in total. The molecule has 1 aliphatic rings. The Kier molecular flexibility index (Phi) is 3.65. The van der Waals surface area contributed by atoms with Crippen LogP contribution in [0, 0.1) is 5.92 Å². The second-order valence-electron chi connectivity index (χ2n) is 4.89. The van der Waals surface area contributed by atoms with Crippen molar-refractivity contribution in [3.63, 3.8) is 0 Å². The SMILES string of the molecule is C[C@H]1C[C@H]1NC(=O)CCc1ccc(C(=O)O)cc1. The number of hydrogen-bond donors (Lipinski definition) is 2. The van der Waals surface area contributed by atoms with Crippen molar-refractivity contribution >= 4 is 11.9 Å². The second kappa shape index (κ2) is 5.21. The number of carboxylic acids is 1. The highest BCUT2D eigenvalue weighted by Gasteiger charge is 2.33. The molecule has 0 bridgehead atoms. The summed E-state index contributed by atoms with van der Waals surface area (Å²) in [6.07, 6.45) is 2.18. The average molecular weight is 247 g/mol. The monoisotopic (exact) mass is 247 g/mol. The maximum Gasteiger partial charge on any atom is 0.335 e. The highest BCUT2D eigenvalue weighted by Crippen LogP contribution is 2.28. The lowest BCUT2D eigenvalue weighted by Gasteiger charge is -2.04. The van der Waals surface area contributed by atoms with Crippen LogP contribution in [0.2, 0.25) is 0 Å². The number of carbonyl (C=O) groups excluding carboxylic acids is 1. The van der Waals surface area contributed by atoms with Crippen LogP contribution in [0.4, 0.5) is 0 Å². The normalized spacial score (nSPS) is 21.4. The fourth-order valence-corrected chi connectivity index (χ4v) is 1.87. The van der Waals surface area contributed by atoms with Gasteiger partial charge in [0.25, 0.3) is 0 Å². The number of amides is 1. The molecule has 0 spiro atoms. The molecule has 0 saturated heterocycles. The van der Waals surface area contributed by atoms with Crippen LogP contribution in [0.3, 0.4) is 0 Å². The maximum atomic E-state index is 11.6. The Balaban J connectivity index is 1.79. The molecule has 1 aromatic carbocycles. The first kappa shape index (κ1) is 12.6. The van der Waals surface area contributed by atoms with Crippen LogP contribution in [0.1, 0.15) is 35.7 Å². The molecule has 2 rings (SSSR count). The number of benzene rings is 1. The van der Waals surface area contributed by atoms with Crippen molar-refractivity contribution < 1.29 is 14.7 Å². The van der Waals surface area contributed by atoms with Crippen molar-refractivity contribution in [1.29, 1.82) is 0 Å². The number of hydrogen-bond acceptors (Lipinski definition) is 2. The number of carbonyl (C=O) groups is 2. The molecular formula is C14H17NO3. The summed E-state index contributed by atoms with van der Waals surface area (Å²) in [5.41, 5.74) is 1.26. The van der Waals surface area contributed by atoms with Gasteiger partial charge in [-0.05, 0) is 36.5 Å². The van der Waals surface area contributed by atoms with Gasteiger partial charge >= 0.3 is 5.97 Å². The van der Waals surface area contributed by atoms with Gasteiger partial charge in [0, 0.05) is 12.5 Å². The molecule has 2 atom stereocenters. The molecule has 1 amide bonds. The molecule has 1 fully saturated rings. The third kappa shape index (κ3) is 3.32. The first-order chi connectivity index (χ1) is 8.56. The fourth-order valence-electron chi connectivity index (χ4n) is 1.87. The van der Waals surface area contributed by atoms with Gasteiger partial charge in [-0.1, -0.05) is 19.1 Å². The Morgan fingerprint density at radius 3 is 2.44 bits per heavy atom. The summed E-state index contributed by atoms with van der Waals surface area (Å²) >= 11 is 0. The molecule has 96 valence electrons. The number of nitrogens with one attached hydrogen (secondary N) is 1. The van der Waals surface area contributed by atoms with Crippen molar-refractivity contribution in [3.8, 4) is 0 Å². The van der Waals surface area contributed by atoms with Crippen LogP contribution in [-0.2, 0) is 11.2 Å². The van der Waals surface area contributed by atoms with Crippen LogP contribution < -0.4 is 5.32 Å². The van der Waals surface area contributed by atoms with E-state index in [0.29, 0.717) is 24.8 Å². The fraction of sp³-hybridized carbons (Fsp3) is 0.429. The Morgan fingerprint density at radius 1 is 1.33 bits per heavy atom. The zero-order valence-corrected chi connectivity index (χ0v) is 10.3. The third-order valence-electron chi connectivity index (χ3n) is 3.30. The van der Waals surface area contributed by atoms with E-state index in [1.807, 2.05) is 0 Å². The highest BCUT2D eigenvalue weighted by molar-refractivity contribution is 5.87. The highest BCUT2D eigenvalue weighted by atomic mass is 16.4. The summed E-state index contributed by atoms with van der Waals surface area (Å²) in [7, 11) is 0. The van der Waals surface area contributed by atoms with Crippen LogP contribution in [0.25, 0.3) is 0 Å². The van der Waals surface area contributed by atoms with Crippen LogP contribution >= 0.6 is 0 Å². The molecule has 4 nitrogen and oxygen atoms in total. The molecule has 1 aromatic rings. The third-order valence-corrected chi connectivity index (χ3v) is 3.30. The molecule has 0 heterocycles. The predicted molar refractivity (Wildman–Crippen MR) is 67.4 cm³/mol. The van der Waals surface area contributed by atoms with E-state index in [4.69, 9.17) is 5.11 Å². The zero-order chi connectivity index (χ0) is 13.1. The number of carboxylic acid groups (broad SMARTS) is 1. The first-order valence-corrected chi connectivity index (χ1v) is 6.18. The average Bonchev–Trinajstić information content (AvgIpc) is 3.02. The molecule has 0 aliphatic heterocycles. The topological polar surface area (TPSA) is 66.4 Å². The van der Waals surface area contributed by atoms with Gasteiger partial charge in [0.2, 0.25) is 5.91 Å². The van der Waals surface area contributed by atoms with E-state index in [2.05, 4.69) is 12.2 Å². The van der Waals surface area contributed by atoms with Gasteiger partial charge in [0.1, 0.15) is 0 Å². The Morgan fingerprint density at radius 2 is 1.94 bits per heavy atom. The quantitative estimate of drug-likeness (QED) is 0.834. The molecule has 0 radical (unpaired) electrons. The molecule has 1 saturated carbocycles. The smallest absolute Gasteiger partial charge is 0.335 e. The number of aromatic carboxylic acids is 1. The first-order valence-electron chi connectivity index (χ1n) is 6.18. The van der Waals surface area contributed by atoms with E-state index >= 15 is 0 Å². The van der Waals surface area contributed by atoms with Gasteiger partial charge in [-0.3, -0.25) is 4.79 Å². The molecule has 0 unspecified atom stereocenters. The lowest BCUT2D eigenvalue weighted by molar-refractivity contribution is -0.121. The maximum absolute atomic E-state index is 11.6. The summed E-state index contributed by atoms with van der Waals surface area (Å²) in [6, 6.07) is 7.02. The van der Waals surface area contributed by atoms with E-state index in [-0.39, 0.29) is 11.5 Å². The van der Waals surface area contributed by atoms with E-state index < -0.39 is 5.97 Å². The van der Waals surface area contributed by atoms with Gasteiger partial charge in [0.15, 0.2) is 0 Å². The predicted octanol–water partition coefficient (Wildman–Crippen LogP) is 1.84. The van der Waals surface area contributed by atoms with E-state index in [0.717, 1.165) is 12.0 Å². The molecule has 4 heteroatoms. The van der Waals surface area contributed by atoms with Crippen LogP contribution in [-0.4, -0.2) is 23.0 Å². The number of aryl methyl sites for hydroxylation is 1. The molecule has 0 aromatic heterocycles. The Hall–Kier alpha value is -1.84. The van der Waals surface area contributed by atoms with Crippen molar-refractivity contribution in [2.75, 3.05) is 0 Å². The summed E-state index contributed by atoms with van der Waals surface area (Å²) < 4.78 is 0. The van der Waals surface area contributed by atoms with E-state index in [1.165, 1.54) is 0 Å². The Labute approximate surface area is 106 Å². The van der Waals surface area contributed by atoms with Gasteiger partial charge < -0.3 is 10.4 Å². The molecule has 18 heavy (non-hydrogen) atoms. The minimum atomic E-state index is -0.929. The minimum Gasteiger partial charge on any atom is -0.478 e. The van der Waals surface area contributed by atoms with Crippen molar-refractivity contribution in [2.45, 2.75) is 32.2 Å². The second-order valence-corrected chi connectivity index (χ2v) is 4.89. The number of rotatable bonds is 5. The van der Waals surface area contributed by atoms with Gasteiger partial charge in [0.05, 0.1) is 5.56 Å². The van der Waals surface area contributed by atoms with E-state index in [1.54, 1.807) is 24.3 Å². The lowest BCUT2D eigenvalue weighted by Crippen LogP contribution is -2.26. The van der Waals surface area contributed by atoms with Crippen molar-refractivity contribution in [3.05, 3.63) is 35.4 Å². The van der Waals surface area contributed by atoms with Crippen molar-refractivity contribution in [1.82, 2.24) is 5.32 Å². The minimum absolute atomic E-state index is 0.0756. The molecule has 1 aliphatic carbocycles. The summed E-state index contributed by atoms with van der Waals surface area (Å²) in [4.78, 5) is 22.3. The van der Waals surface area contributed by atoms with Gasteiger partial charge in [-0.25, -0.2) is 4.79 Å². The standard InChI is InChI=1S/C14H17NO3/c1-9-8-12(9)15-13(16)7-4-10-2-5-11(6-3-10)14(17)18/h2-3,5-6,9,12H,4,7-8H2,1H3,(H,15,16)(H,17,18)/t9-,12+/m0/s1. The van der Waals surface area contributed by atoms with Crippen LogP contribution in [0.5, 0.6) is 0 Å². The molecular weight excluding hydrogens is 230 g/mol. The van der Waals surface area contributed by atoms with Crippen LogP contribution in [0.15, 0.2) is 24.3 Å². The van der Waals surface area contributed by atoms with Gasteiger partial charge in [-0.2, -0.15) is 0 Å². The van der Waals surface area contributed by atoms with E-state index in [9.17, 15) is 9.59 Å². The largest absolute Gasteiger partial charge is 0.478 e. The van der Waals surface area contributed by atoms with Gasteiger partial charge in [-0.15, -0.1) is 0 Å². The lowest BCUT2D eigenvalue weighted by atomic mass is 10.1.